The summed E-state index contributed by atoms with van der Waals surface area (Å²) in [5, 5.41) is 10.2. The number of carbonyl (C=O) groups is 2. The van der Waals surface area contributed by atoms with E-state index in [-0.39, 0.29) is 17.9 Å². The quantitative estimate of drug-likeness (QED) is 0.337. The van der Waals surface area contributed by atoms with Crippen LogP contribution in [0.1, 0.15) is 4.88 Å². The summed E-state index contributed by atoms with van der Waals surface area (Å²) in [6.07, 6.45) is 1.65. The number of anilines is 2. The maximum absolute atomic E-state index is 14.8. The van der Waals surface area contributed by atoms with Crippen molar-refractivity contribution < 1.29 is 23.5 Å². The summed E-state index contributed by atoms with van der Waals surface area (Å²) < 4.78 is 25.9. The Morgan fingerprint density at radius 1 is 1.09 bits per heavy atom. The lowest BCUT2D eigenvalue weighted by Gasteiger charge is -2.13. The lowest BCUT2D eigenvalue weighted by atomic mass is 10.1. The molecule has 2 aromatic carbocycles. The van der Waals surface area contributed by atoms with Crippen molar-refractivity contribution in [1.82, 2.24) is 10.3 Å². The van der Waals surface area contributed by atoms with Gasteiger partial charge in [0.05, 0.1) is 24.7 Å². The van der Waals surface area contributed by atoms with E-state index in [1.54, 1.807) is 38.6 Å². The summed E-state index contributed by atoms with van der Waals surface area (Å²) in [5.74, 6) is -0.152. The van der Waals surface area contributed by atoms with Gasteiger partial charge in [-0.1, -0.05) is 6.07 Å². The Morgan fingerprint density at radius 2 is 1.94 bits per heavy atom. The number of fused-ring (bicyclic) bond motifs is 1. The van der Waals surface area contributed by atoms with Gasteiger partial charge in [0, 0.05) is 41.3 Å². The Bertz CT molecular complexity index is 1340. The van der Waals surface area contributed by atoms with Crippen LogP contribution in [0.4, 0.5) is 20.6 Å². The molecule has 3 N–H and O–H groups in total. The monoisotopic (exact) mass is 480 g/mol. The van der Waals surface area contributed by atoms with Crippen LogP contribution in [0, 0.1) is 5.82 Å². The molecule has 8 nitrogen and oxygen atoms in total. The first-order valence-electron chi connectivity index (χ1n) is 10.2. The molecule has 4 aromatic rings. The minimum absolute atomic E-state index is 0.0333. The molecule has 0 fully saturated rings. The molecule has 4 rings (SSSR count). The predicted molar refractivity (Wildman–Crippen MR) is 130 cm³/mol. The first-order chi connectivity index (χ1) is 16.5. The zero-order valence-electron chi connectivity index (χ0n) is 18.3. The Kier molecular flexibility index (Phi) is 6.88. The van der Waals surface area contributed by atoms with Gasteiger partial charge in [0.25, 0.3) is 0 Å². The number of hydrogen-bond donors (Lipinski definition) is 3. The highest BCUT2D eigenvalue weighted by Crippen LogP contribution is 2.36. The van der Waals surface area contributed by atoms with Crippen molar-refractivity contribution in [1.29, 1.82) is 0 Å². The number of imide groups is 1. The number of halogens is 1. The first-order valence-corrected chi connectivity index (χ1v) is 11.1. The van der Waals surface area contributed by atoms with E-state index in [2.05, 4.69) is 20.9 Å². The van der Waals surface area contributed by atoms with Crippen molar-refractivity contribution >= 4 is 45.6 Å². The van der Waals surface area contributed by atoms with E-state index in [0.29, 0.717) is 22.4 Å². The maximum atomic E-state index is 14.8. The number of urea groups is 1. The minimum Gasteiger partial charge on any atom is -0.495 e. The number of pyridine rings is 1. The third-order valence-corrected chi connectivity index (χ3v) is 5.75. The molecular formula is C24H21FN4O4S. The second kappa shape index (κ2) is 10.2. The van der Waals surface area contributed by atoms with Gasteiger partial charge in [0.15, 0.2) is 11.6 Å². The smallest absolute Gasteiger partial charge is 0.325 e. The molecule has 0 aliphatic rings. The van der Waals surface area contributed by atoms with Crippen molar-refractivity contribution in [2.45, 2.75) is 6.42 Å². The molecule has 0 atom stereocenters. The molecule has 0 aliphatic heterocycles. The average molecular weight is 481 g/mol. The molecule has 174 valence electrons. The van der Waals surface area contributed by atoms with Crippen LogP contribution in [0.5, 0.6) is 17.2 Å². The molecule has 0 aliphatic carbocycles. The standard InChI is InChI=1S/C24H21FN4O4S/c1-26-19-12-16-18(13-22(19)32-2)27-8-7-20(16)33-21-6-5-14(10-17(21)25)28-24(31)29-23(30)11-15-4-3-9-34-15/h3-10,12-13,26H,11H2,1-2H3,(H2,28,29,30,31). The van der Waals surface area contributed by atoms with Crippen LogP contribution >= 0.6 is 11.3 Å². The van der Waals surface area contributed by atoms with E-state index in [1.165, 1.54) is 23.5 Å². The Labute approximate surface area is 198 Å². The van der Waals surface area contributed by atoms with Gasteiger partial charge in [0.2, 0.25) is 5.91 Å². The second-order valence-electron chi connectivity index (χ2n) is 7.13. The molecule has 0 spiro atoms. The van der Waals surface area contributed by atoms with E-state index in [0.717, 1.165) is 16.6 Å². The molecule has 0 radical (unpaired) electrons. The van der Waals surface area contributed by atoms with E-state index in [1.807, 2.05) is 17.5 Å². The molecule has 0 saturated heterocycles. The summed E-state index contributed by atoms with van der Waals surface area (Å²) in [7, 11) is 3.32. The van der Waals surface area contributed by atoms with E-state index in [9.17, 15) is 14.0 Å². The molecule has 0 unspecified atom stereocenters. The molecule has 2 aromatic heterocycles. The zero-order chi connectivity index (χ0) is 24.1. The second-order valence-corrected chi connectivity index (χ2v) is 8.17. The van der Waals surface area contributed by atoms with Crippen molar-refractivity contribution in [3.63, 3.8) is 0 Å². The molecular weight excluding hydrogens is 459 g/mol. The Hall–Kier alpha value is -4.18. The van der Waals surface area contributed by atoms with Crippen LogP contribution < -0.4 is 25.4 Å². The van der Waals surface area contributed by atoms with Crippen LogP contribution in [0.25, 0.3) is 10.9 Å². The SMILES string of the molecule is CNc1cc2c(Oc3ccc(NC(=O)NC(=O)Cc4cccs4)cc3F)ccnc2cc1OC. The third-order valence-electron chi connectivity index (χ3n) is 4.87. The highest BCUT2D eigenvalue weighted by atomic mass is 32.1. The number of ether oxygens (including phenoxy) is 2. The lowest BCUT2D eigenvalue weighted by Crippen LogP contribution is -2.35. The van der Waals surface area contributed by atoms with Crippen LogP contribution in [0.2, 0.25) is 0 Å². The molecule has 34 heavy (non-hydrogen) atoms. The number of methoxy groups -OCH3 is 1. The first kappa shape index (κ1) is 23.0. The zero-order valence-corrected chi connectivity index (χ0v) is 19.2. The van der Waals surface area contributed by atoms with Gasteiger partial charge < -0.3 is 20.1 Å². The number of nitrogens with one attached hydrogen (secondary N) is 3. The van der Waals surface area contributed by atoms with Crippen LogP contribution in [0.15, 0.2) is 60.1 Å². The van der Waals surface area contributed by atoms with Gasteiger partial charge >= 0.3 is 6.03 Å². The fraction of sp³-hybridized carbons (Fsp3) is 0.125. The Balaban J connectivity index is 1.47. The molecule has 2 heterocycles. The van der Waals surface area contributed by atoms with Gasteiger partial charge in [-0.25, -0.2) is 9.18 Å². The summed E-state index contributed by atoms with van der Waals surface area (Å²) in [4.78, 5) is 29.2. The number of carbonyl (C=O) groups excluding carboxylic acids is 2. The van der Waals surface area contributed by atoms with Crippen molar-refractivity contribution in [2.24, 2.45) is 0 Å². The molecule has 0 bridgehead atoms. The van der Waals surface area contributed by atoms with E-state index >= 15 is 0 Å². The predicted octanol–water partition coefficient (Wildman–Crippen LogP) is 5.17. The Morgan fingerprint density at radius 3 is 2.65 bits per heavy atom. The normalized spacial score (nSPS) is 10.6. The largest absolute Gasteiger partial charge is 0.495 e. The molecule has 0 saturated carbocycles. The van der Waals surface area contributed by atoms with Gasteiger partial charge in [-0.3, -0.25) is 15.1 Å². The maximum Gasteiger partial charge on any atom is 0.325 e. The number of rotatable bonds is 7. The minimum atomic E-state index is -0.747. The van der Waals surface area contributed by atoms with Gasteiger partial charge in [-0.05, 0) is 35.7 Å². The number of aromatic nitrogens is 1. The summed E-state index contributed by atoms with van der Waals surface area (Å²) in [5.41, 5.74) is 1.52. The number of thiophene rings is 1. The highest BCUT2D eigenvalue weighted by molar-refractivity contribution is 7.10. The highest BCUT2D eigenvalue weighted by Gasteiger charge is 2.14. The summed E-state index contributed by atoms with van der Waals surface area (Å²) in [6.45, 7) is 0. The number of nitrogens with zero attached hydrogens (tertiary/aromatic N) is 1. The van der Waals surface area contributed by atoms with E-state index < -0.39 is 17.8 Å². The number of benzene rings is 2. The van der Waals surface area contributed by atoms with E-state index in [4.69, 9.17) is 9.47 Å². The van der Waals surface area contributed by atoms with Crippen LogP contribution in [-0.2, 0) is 11.2 Å². The third kappa shape index (κ3) is 5.24. The van der Waals surface area contributed by atoms with Gasteiger partial charge in [-0.2, -0.15) is 0 Å². The molecule has 3 amide bonds. The summed E-state index contributed by atoms with van der Waals surface area (Å²) in [6, 6.07) is 12.1. The van der Waals surface area contributed by atoms with Gasteiger partial charge in [0.1, 0.15) is 11.5 Å². The fourth-order valence-corrected chi connectivity index (χ4v) is 3.99. The molecule has 10 heteroatoms. The fourth-order valence-electron chi connectivity index (χ4n) is 3.29. The number of amides is 3. The van der Waals surface area contributed by atoms with Crippen molar-refractivity contribution in [3.8, 4) is 17.2 Å². The number of hydrogen-bond acceptors (Lipinski definition) is 7. The topological polar surface area (TPSA) is 102 Å². The average Bonchev–Trinajstić information content (AvgIpc) is 3.32. The van der Waals surface area contributed by atoms with Crippen LogP contribution in [0.3, 0.4) is 0 Å². The summed E-state index contributed by atoms with van der Waals surface area (Å²) >= 11 is 1.42. The van der Waals surface area contributed by atoms with Crippen molar-refractivity contribution in [2.75, 3.05) is 24.8 Å². The van der Waals surface area contributed by atoms with Crippen molar-refractivity contribution in [3.05, 3.63) is 70.8 Å². The van der Waals surface area contributed by atoms with Gasteiger partial charge in [-0.15, -0.1) is 11.3 Å². The lowest BCUT2D eigenvalue weighted by molar-refractivity contribution is -0.119. The van der Waals surface area contributed by atoms with Crippen LogP contribution in [-0.4, -0.2) is 31.1 Å².